The second kappa shape index (κ2) is 9.20. The van der Waals surface area contributed by atoms with Gasteiger partial charge in [-0.1, -0.05) is 0 Å². The zero-order valence-electron chi connectivity index (χ0n) is 18.1. The maximum atomic E-state index is 14.0. The second-order valence-corrected chi connectivity index (χ2v) is 10.6. The van der Waals surface area contributed by atoms with Crippen molar-refractivity contribution in [3.63, 3.8) is 0 Å². The van der Waals surface area contributed by atoms with E-state index in [-0.39, 0.29) is 34.6 Å². The Hall–Kier alpha value is -1.71. The van der Waals surface area contributed by atoms with Gasteiger partial charge in [-0.05, 0) is 64.3 Å². The van der Waals surface area contributed by atoms with E-state index in [0.29, 0.717) is 19.0 Å². The lowest BCUT2D eigenvalue weighted by Gasteiger charge is -2.36. The van der Waals surface area contributed by atoms with Gasteiger partial charge in [-0.25, -0.2) is 12.8 Å². The summed E-state index contributed by atoms with van der Waals surface area (Å²) in [5.41, 5.74) is 0. The molecule has 1 aromatic carbocycles. The summed E-state index contributed by atoms with van der Waals surface area (Å²) in [6, 6.07) is 4.13. The summed E-state index contributed by atoms with van der Waals surface area (Å²) in [5.74, 6) is -0.252. The molecule has 1 aromatic rings. The van der Waals surface area contributed by atoms with Gasteiger partial charge in [0.1, 0.15) is 0 Å². The Bertz CT molecular complexity index is 869. The van der Waals surface area contributed by atoms with E-state index in [1.807, 2.05) is 20.9 Å². The van der Waals surface area contributed by atoms with Crippen molar-refractivity contribution >= 4 is 15.9 Å². The first-order valence-corrected chi connectivity index (χ1v) is 11.9. The van der Waals surface area contributed by atoms with Crippen molar-refractivity contribution in [1.82, 2.24) is 14.5 Å². The van der Waals surface area contributed by atoms with E-state index in [4.69, 9.17) is 4.74 Å². The predicted molar refractivity (Wildman–Crippen MR) is 112 cm³/mol. The topological polar surface area (TPSA) is 79.0 Å². The summed E-state index contributed by atoms with van der Waals surface area (Å²) in [7, 11) is -0.368. The lowest BCUT2D eigenvalue weighted by atomic mass is 9.87. The number of piperidine rings is 1. The number of sulfonamides is 1. The summed E-state index contributed by atoms with van der Waals surface area (Å²) >= 11 is 0. The van der Waals surface area contributed by atoms with Crippen LogP contribution in [-0.4, -0.2) is 69.4 Å². The standard InChI is InChI=1S/C21H32FN3O4S/c1-14(2)23-21(26)16-11-19(24(3)13-16)15-7-9-25(10-8-15)30(27,28)17-5-6-20(29-4)18(22)12-17/h5-6,12,14-16,19H,7-11,13H2,1-4H3,(H,23,26)/t16-,19-/m0/s1. The minimum atomic E-state index is -3.75. The molecule has 0 spiro atoms. The number of benzene rings is 1. The molecule has 2 heterocycles. The number of halogens is 1. The SMILES string of the molecule is COc1ccc(S(=O)(=O)N2CCC([C@@H]3C[C@H](C(=O)NC(C)C)CN3C)CC2)cc1F. The summed E-state index contributed by atoms with van der Waals surface area (Å²) in [4.78, 5) is 14.6. The molecule has 9 heteroatoms. The zero-order valence-corrected chi connectivity index (χ0v) is 18.9. The number of rotatable bonds is 6. The van der Waals surface area contributed by atoms with Crippen LogP contribution < -0.4 is 10.1 Å². The van der Waals surface area contributed by atoms with Gasteiger partial charge in [-0.3, -0.25) is 4.79 Å². The molecule has 2 fully saturated rings. The molecule has 2 atom stereocenters. The molecule has 168 valence electrons. The van der Waals surface area contributed by atoms with Crippen molar-refractivity contribution in [1.29, 1.82) is 0 Å². The van der Waals surface area contributed by atoms with Crippen molar-refractivity contribution < 1.29 is 22.3 Å². The van der Waals surface area contributed by atoms with Crippen LogP contribution in [0.5, 0.6) is 5.75 Å². The number of hydrogen-bond acceptors (Lipinski definition) is 5. The molecule has 2 saturated heterocycles. The summed E-state index contributed by atoms with van der Waals surface area (Å²) in [5, 5.41) is 2.99. The number of carbonyl (C=O) groups excluding carboxylic acids is 1. The Morgan fingerprint density at radius 1 is 1.27 bits per heavy atom. The smallest absolute Gasteiger partial charge is 0.243 e. The van der Waals surface area contributed by atoms with E-state index in [9.17, 15) is 17.6 Å². The fraction of sp³-hybridized carbons (Fsp3) is 0.667. The Morgan fingerprint density at radius 2 is 1.93 bits per heavy atom. The number of nitrogens with one attached hydrogen (secondary N) is 1. The average molecular weight is 442 g/mol. The van der Waals surface area contributed by atoms with Crippen LogP contribution in [0.3, 0.4) is 0 Å². The molecule has 0 saturated carbocycles. The highest BCUT2D eigenvalue weighted by Gasteiger charge is 2.40. The lowest BCUT2D eigenvalue weighted by molar-refractivity contribution is -0.125. The monoisotopic (exact) mass is 441 g/mol. The van der Waals surface area contributed by atoms with Crippen molar-refractivity contribution in [2.24, 2.45) is 11.8 Å². The Labute approximate surface area is 178 Å². The van der Waals surface area contributed by atoms with E-state index < -0.39 is 15.8 Å². The van der Waals surface area contributed by atoms with E-state index in [0.717, 1.165) is 31.9 Å². The quantitative estimate of drug-likeness (QED) is 0.731. The van der Waals surface area contributed by atoms with Gasteiger partial charge in [0.2, 0.25) is 15.9 Å². The number of ether oxygens (including phenoxy) is 1. The first kappa shape index (κ1) is 23.0. The highest BCUT2D eigenvalue weighted by molar-refractivity contribution is 7.89. The fourth-order valence-electron chi connectivity index (χ4n) is 4.63. The van der Waals surface area contributed by atoms with Crippen molar-refractivity contribution in [2.75, 3.05) is 33.8 Å². The van der Waals surface area contributed by atoms with E-state index in [1.54, 1.807) is 0 Å². The highest BCUT2D eigenvalue weighted by atomic mass is 32.2. The van der Waals surface area contributed by atoms with Crippen LogP contribution in [0.15, 0.2) is 23.1 Å². The fourth-order valence-corrected chi connectivity index (χ4v) is 6.11. The van der Waals surface area contributed by atoms with Gasteiger partial charge in [0.05, 0.1) is 17.9 Å². The molecular weight excluding hydrogens is 409 g/mol. The maximum absolute atomic E-state index is 14.0. The average Bonchev–Trinajstić information content (AvgIpc) is 3.09. The number of methoxy groups -OCH3 is 1. The minimum absolute atomic E-state index is 0.0213. The van der Waals surface area contributed by atoms with Crippen molar-refractivity contribution in [3.8, 4) is 5.75 Å². The summed E-state index contributed by atoms with van der Waals surface area (Å²) in [6.07, 6.45) is 2.26. The lowest BCUT2D eigenvalue weighted by Crippen LogP contribution is -2.43. The molecule has 30 heavy (non-hydrogen) atoms. The highest BCUT2D eigenvalue weighted by Crippen LogP contribution is 2.34. The maximum Gasteiger partial charge on any atom is 0.243 e. The van der Waals surface area contributed by atoms with Crippen molar-refractivity contribution in [2.45, 2.75) is 50.1 Å². The number of amides is 1. The zero-order chi connectivity index (χ0) is 22.1. The number of likely N-dealkylation sites (tertiary alicyclic amines) is 1. The molecule has 0 radical (unpaired) electrons. The third kappa shape index (κ3) is 4.78. The Kier molecular flexibility index (Phi) is 7.04. The van der Waals surface area contributed by atoms with Gasteiger partial charge >= 0.3 is 0 Å². The molecule has 3 rings (SSSR count). The summed E-state index contributed by atoms with van der Waals surface area (Å²) in [6.45, 7) is 5.44. The van der Waals surface area contributed by atoms with Crippen LogP contribution in [0, 0.1) is 17.7 Å². The molecule has 0 unspecified atom stereocenters. The predicted octanol–water partition coefficient (Wildman–Crippen LogP) is 2.08. The van der Waals surface area contributed by atoms with E-state index in [2.05, 4.69) is 10.2 Å². The van der Waals surface area contributed by atoms with Crippen LogP contribution in [0.4, 0.5) is 4.39 Å². The largest absolute Gasteiger partial charge is 0.494 e. The third-order valence-corrected chi connectivity index (χ3v) is 8.10. The molecular formula is C21H32FN3O4S. The van der Waals surface area contributed by atoms with E-state index >= 15 is 0 Å². The van der Waals surface area contributed by atoms with Crippen LogP contribution in [-0.2, 0) is 14.8 Å². The normalized spacial score (nSPS) is 24.3. The first-order valence-electron chi connectivity index (χ1n) is 10.5. The minimum Gasteiger partial charge on any atom is -0.494 e. The van der Waals surface area contributed by atoms with Crippen molar-refractivity contribution in [3.05, 3.63) is 24.0 Å². The molecule has 7 nitrogen and oxygen atoms in total. The van der Waals surface area contributed by atoms with Gasteiger partial charge < -0.3 is 15.0 Å². The first-order chi connectivity index (χ1) is 14.1. The van der Waals surface area contributed by atoms with E-state index in [1.165, 1.54) is 23.5 Å². The van der Waals surface area contributed by atoms with Crippen LogP contribution >= 0.6 is 0 Å². The number of nitrogens with zero attached hydrogens (tertiary/aromatic N) is 2. The van der Waals surface area contributed by atoms with Gasteiger partial charge in [0.25, 0.3) is 0 Å². The molecule has 0 aromatic heterocycles. The third-order valence-electron chi connectivity index (χ3n) is 6.21. The molecule has 1 N–H and O–H groups in total. The molecule has 2 aliphatic rings. The van der Waals surface area contributed by atoms with Gasteiger partial charge in [0.15, 0.2) is 11.6 Å². The Balaban J connectivity index is 1.62. The molecule has 0 bridgehead atoms. The van der Waals surface area contributed by atoms with Crippen LogP contribution in [0.1, 0.15) is 33.1 Å². The second-order valence-electron chi connectivity index (χ2n) is 8.64. The number of hydrogen-bond donors (Lipinski definition) is 1. The van der Waals surface area contributed by atoms with Crippen LogP contribution in [0.25, 0.3) is 0 Å². The van der Waals surface area contributed by atoms with Gasteiger partial charge in [-0.2, -0.15) is 4.31 Å². The molecule has 1 amide bonds. The molecule has 2 aliphatic heterocycles. The summed E-state index contributed by atoms with van der Waals surface area (Å²) < 4.78 is 46.2. The molecule has 0 aliphatic carbocycles. The van der Waals surface area contributed by atoms with Gasteiger partial charge in [0, 0.05) is 31.7 Å². The number of carbonyl (C=O) groups is 1. The Morgan fingerprint density at radius 3 is 2.50 bits per heavy atom. The van der Waals surface area contributed by atoms with Crippen LogP contribution in [0.2, 0.25) is 0 Å². The van der Waals surface area contributed by atoms with Gasteiger partial charge in [-0.15, -0.1) is 0 Å².